The number of hydrogen-bond donors (Lipinski definition) is 0. The molecule has 5 nitrogen and oxygen atoms in total. The molecule has 3 aliphatic heterocycles. The van der Waals surface area contributed by atoms with Gasteiger partial charge in [0.05, 0.1) is 27.6 Å². The zero-order valence-corrected chi connectivity index (χ0v) is 16.3. The zero-order valence-electron chi connectivity index (χ0n) is 14.8. The molecular weight excluding hydrogens is 387 g/mol. The smallest absolute Gasteiger partial charge is 0.320 e. The number of benzene rings is 1. The molecule has 0 aromatic heterocycles. The van der Waals surface area contributed by atoms with E-state index < -0.39 is 0 Å². The largest absolute Gasteiger partial charge is 0.370 e. The van der Waals surface area contributed by atoms with Crippen molar-refractivity contribution in [2.45, 2.75) is 18.9 Å². The molecule has 0 N–H and O–H groups in total. The quantitative estimate of drug-likeness (QED) is 0.622. The number of piperidine rings is 1. The van der Waals surface area contributed by atoms with Gasteiger partial charge in [-0.25, -0.2) is 4.79 Å². The van der Waals surface area contributed by atoms with Gasteiger partial charge in [-0.3, -0.25) is 4.79 Å². The number of Topliss-reactive ketones (excluding diaryl/α,β-unsaturated/α-hetero) is 1. The van der Waals surface area contributed by atoms with Gasteiger partial charge in [0.15, 0.2) is 5.78 Å². The molecule has 142 valence electrons. The van der Waals surface area contributed by atoms with E-state index in [4.69, 9.17) is 27.9 Å². The predicted molar refractivity (Wildman–Crippen MR) is 103 cm³/mol. The summed E-state index contributed by atoms with van der Waals surface area (Å²) in [6, 6.07) is 5.34. The molecule has 3 aliphatic rings. The second-order valence-electron chi connectivity index (χ2n) is 7.34. The molecular formula is C20H20Cl2N2O3. The lowest BCUT2D eigenvalue weighted by molar-refractivity contribution is -0.140. The number of ether oxygens (including phenoxy) is 1. The number of carbonyl (C=O) groups is 2. The first-order valence-electron chi connectivity index (χ1n) is 9.14. The summed E-state index contributed by atoms with van der Waals surface area (Å²) in [6.07, 6.45) is 1.43. The van der Waals surface area contributed by atoms with E-state index in [0.717, 1.165) is 6.42 Å². The molecule has 0 saturated carbocycles. The highest BCUT2D eigenvalue weighted by Crippen LogP contribution is 2.29. The van der Waals surface area contributed by atoms with Crippen LogP contribution in [0.3, 0.4) is 0 Å². The standard InChI is InChI=1S/C20H20Cl2N2O3/c21-17-2-1-3-18(22)16(17)5-4-13-9-24(10-13)20(26)23-7-6-19-14(11-23)8-15(25)12-27-19/h1-3,13-14,19H,6-12H2/t14-,19+/m1/s1. The van der Waals surface area contributed by atoms with E-state index in [9.17, 15) is 9.59 Å². The van der Waals surface area contributed by atoms with Crippen molar-refractivity contribution >= 4 is 35.0 Å². The van der Waals surface area contributed by atoms with Crippen molar-refractivity contribution in [1.82, 2.24) is 9.80 Å². The van der Waals surface area contributed by atoms with E-state index in [0.29, 0.717) is 48.2 Å². The van der Waals surface area contributed by atoms with Gasteiger partial charge in [-0.2, -0.15) is 0 Å². The number of amides is 2. The summed E-state index contributed by atoms with van der Waals surface area (Å²) in [5, 5.41) is 1.07. The molecule has 1 aromatic carbocycles. The predicted octanol–water partition coefficient (Wildman–Crippen LogP) is 3.08. The number of fused-ring (bicyclic) bond motifs is 1. The second kappa shape index (κ2) is 7.71. The Kier molecular flexibility index (Phi) is 5.32. The lowest BCUT2D eigenvalue weighted by Gasteiger charge is -2.45. The van der Waals surface area contributed by atoms with Gasteiger partial charge < -0.3 is 14.5 Å². The first-order valence-corrected chi connectivity index (χ1v) is 9.89. The minimum Gasteiger partial charge on any atom is -0.370 e. The van der Waals surface area contributed by atoms with E-state index in [1.165, 1.54) is 0 Å². The Labute approximate surface area is 168 Å². The summed E-state index contributed by atoms with van der Waals surface area (Å²) in [7, 11) is 0. The number of urea groups is 1. The van der Waals surface area contributed by atoms with Crippen molar-refractivity contribution in [3.8, 4) is 11.8 Å². The molecule has 1 aromatic rings. The van der Waals surface area contributed by atoms with E-state index in [1.807, 2.05) is 4.90 Å². The minimum absolute atomic E-state index is 0.0281. The Morgan fingerprint density at radius 2 is 1.89 bits per heavy atom. The van der Waals surface area contributed by atoms with Gasteiger partial charge in [0.1, 0.15) is 6.61 Å². The fourth-order valence-corrected chi connectivity index (χ4v) is 4.36. The summed E-state index contributed by atoms with van der Waals surface area (Å²) in [4.78, 5) is 28.0. The van der Waals surface area contributed by atoms with Crippen molar-refractivity contribution in [3.05, 3.63) is 33.8 Å². The summed E-state index contributed by atoms with van der Waals surface area (Å²) < 4.78 is 5.59. The number of carbonyl (C=O) groups excluding carboxylic acids is 2. The summed E-state index contributed by atoms with van der Waals surface area (Å²) >= 11 is 12.3. The summed E-state index contributed by atoms with van der Waals surface area (Å²) in [5.74, 6) is 6.58. The highest BCUT2D eigenvalue weighted by atomic mass is 35.5. The van der Waals surface area contributed by atoms with Gasteiger partial charge in [0.25, 0.3) is 0 Å². The van der Waals surface area contributed by atoms with Crippen LogP contribution in [0, 0.1) is 23.7 Å². The Hall–Kier alpha value is -1.74. The Morgan fingerprint density at radius 3 is 2.63 bits per heavy atom. The van der Waals surface area contributed by atoms with E-state index in [-0.39, 0.29) is 36.4 Å². The molecule has 0 aliphatic carbocycles. The van der Waals surface area contributed by atoms with Crippen LogP contribution < -0.4 is 0 Å². The summed E-state index contributed by atoms with van der Waals surface area (Å²) in [6.45, 7) is 2.70. The van der Waals surface area contributed by atoms with Gasteiger partial charge in [0, 0.05) is 38.5 Å². The fraction of sp³-hybridized carbons (Fsp3) is 0.500. The van der Waals surface area contributed by atoms with Crippen LogP contribution in [0.1, 0.15) is 18.4 Å². The Morgan fingerprint density at radius 1 is 1.15 bits per heavy atom. The van der Waals surface area contributed by atoms with Crippen LogP contribution in [0.2, 0.25) is 10.0 Å². The number of ketones is 1. The summed E-state index contributed by atoms with van der Waals surface area (Å²) in [5.41, 5.74) is 0.634. The number of halogens is 2. The zero-order chi connectivity index (χ0) is 19.0. The average Bonchev–Trinajstić information content (AvgIpc) is 2.61. The van der Waals surface area contributed by atoms with Crippen LogP contribution >= 0.6 is 23.2 Å². The molecule has 0 unspecified atom stereocenters. The van der Waals surface area contributed by atoms with Gasteiger partial charge in [-0.05, 0) is 18.6 Å². The van der Waals surface area contributed by atoms with Crippen LogP contribution in [0.15, 0.2) is 18.2 Å². The van der Waals surface area contributed by atoms with Crippen molar-refractivity contribution in [3.63, 3.8) is 0 Å². The second-order valence-corrected chi connectivity index (χ2v) is 8.15. The topological polar surface area (TPSA) is 49.9 Å². The Bertz CT molecular complexity index is 806. The molecule has 3 fully saturated rings. The highest BCUT2D eigenvalue weighted by molar-refractivity contribution is 6.36. The third-order valence-electron chi connectivity index (χ3n) is 5.40. The molecule has 0 bridgehead atoms. The van der Waals surface area contributed by atoms with Crippen molar-refractivity contribution < 1.29 is 14.3 Å². The van der Waals surface area contributed by atoms with Gasteiger partial charge in [-0.15, -0.1) is 0 Å². The molecule has 7 heteroatoms. The van der Waals surface area contributed by atoms with Crippen LogP contribution in [-0.2, 0) is 9.53 Å². The third-order valence-corrected chi connectivity index (χ3v) is 6.03. The molecule has 0 radical (unpaired) electrons. The number of nitrogens with zero attached hydrogens (tertiary/aromatic N) is 2. The third kappa shape index (κ3) is 3.94. The van der Waals surface area contributed by atoms with Crippen LogP contribution in [-0.4, -0.2) is 60.5 Å². The van der Waals surface area contributed by atoms with E-state index in [1.54, 1.807) is 23.1 Å². The maximum absolute atomic E-state index is 12.7. The normalized spacial score (nSPS) is 25.3. The molecule has 2 atom stereocenters. The van der Waals surface area contributed by atoms with Gasteiger partial charge in [-0.1, -0.05) is 41.1 Å². The molecule has 0 spiro atoms. The fourth-order valence-electron chi connectivity index (χ4n) is 3.87. The highest BCUT2D eigenvalue weighted by Gasteiger charge is 2.39. The van der Waals surface area contributed by atoms with Gasteiger partial charge >= 0.3 is 6.03 Å². The van der Waals surface area contributed by atoms with Crippen molar-refractivity contribution in [2.24, 2.45) is 11.8 Å². The SMILES string of the molecule is O=C1CO[C@H]2CCN(C(=O)N3CC(C#Cc4c(Cl)cccc4Cl)C3)C[C@H]2C1. The molecule has 3 heterocycles. The van der Waals surface area contributed by atoms with Crippen molar-refractivity contribution in [1.29, 1.82) is 0 Å². The van der Waals surface area contributed by atoms with Crippen LogP contribution in [0.5, 0.6) is 0 Å². The van der Waals surface area contributed by atoms with E-state index >= 15 is 0 Å². The van der Waals surface area contributed by atoms with Gasteiger partial charge in [0.2, 0.25) is 0 Å². The van der Waals surface area contributed by atoms with Crippen LogP contribution in [0.4, 0.5) is 4.79 Å². The maximum atomic E-state index is 12.7. The first-order chi connectivity index (χ1) is 13.0. The number of hydrogen-bond acceptors (Lipinski definition) is 3. The lowest BCUT2D eigenvalue weighted by atomic mass is 9.88. The lowest BCUT2D eigenvalue weighted by Crippen LogP contribution is -2.58. The average molecular weight is 407 g/mol. The van der Waals surface area contributed by atoms with E-state index in [2.05, 4.69) is 11.8 Å². The molecule has 4 rings (SSSR count). The molecule has 3 saturated heterocycles. The Balaban J connectivity index is 1.32. The number of rotatable bonds is 0. The number of likely N-dealkylation sites (tertiary alicyclic amines) is 2. The van der Waals surface area contributed by atoms with Crippen LogP contribution in [0.25, 0.3) is 0 Å². The maximum Gasteiger partial charge on any atom is 0.320 e. The molecule has 2 amide bonds. The molecule has 27 heavy (non-hydrogen) atoms. The first kappa shape index (κ1) is 18.6. The monoisotopic (exact) mass is 406 g/mol. The minimum atomic E-state index is 0.0281. The van der Waals surface area contributed by atoms with Crippen molar-refractivity contribution in [2.75, 3.05) is 32.8 Å².